The van der Waals surface area contributed by atoms with E-state index in [9.17, 15) is 4.79 Å². The van der Waals surface area contributed by atoms with E-state index in [1.54, 1.807) is 29.8 Å². The van der Waals surface area contributed by atoms with Crippen LogP contribution in [0.5, 0.6) is 0 Å². The summed E-state index contributed by atoms with van der Waals surface area (Å²) in [5, 5.41) is 6.05. The first-order valence-corrected chi connectivity index (χ1v) is 10.1. The summed E-state index contributed by atoms with van der Waals surface area (Å²) in [6.07, 6.45) is 4.04. The summed E-state index contributed by atoms with van der Waals surface area (Å²) in [6, 6.07) is 15.4. The van der Waals surface area contributed by atoms with Gasteiger partial charge in [0.15, 0.2) is 5.65 Å². The lowest BCUT2D eigenvalue weighted by molar-refractivity contribution is 0.864. The molecular formula is C22H17N5OS. The number of nitrogens with zero attached hydrogens (tertiary/aromatic N) is 4. The van der Waals surface area contributed by atoms with Gasteiger partial charge in [-0.2, -0.15) is 0 Å². The number of benzene rings is 1. The third-order valence-electron chi connectivity index (χ3n) is 4.73. The van der Waals surface area contributed by atoms with Gasteiger partial charge in [0.1, 0.15) is 5.01 Å². The Morgan fingerprint density at radius 2 is 1.86 bits per heavy atom. The Bertz CT molecular complexity index is 1350. The smallest absolute Gasteiger partial charge is 0.272 e. The van der Waals surface area contributed by atoms with Crippen LogP contribution in [0.3, 0.4) is 0 Å². The van der Waals surface area contributed by atoms with Crippen molar-refractivity contribution in [1.82, 2.24) is 24.6 Å². The van der Waals surface area contributed by atoms with Crippen LogP contribution in [0.25, 0.3) is 27.3 Å². The van der Waals surface area contributed by atoms with Crippen LogP contribution in [0, 0.1) is 6.92 Å². The minimum absolute atomic E-state index is 0.127. The average Bonchev–Trinajstić information content (AvgIpc) is 3.34. The molecule has 142 valence electrons. The van der Waals surface area contributed by atoms with E-state index in [2.05, 4.69) is 10.1 Å². The Kier molecular flexibility index (Phi) is 4.29. The fourth-order valence-electron chi connectivity index (χ4n) is 3.43. The Morgan fingerprint density at radius 3 is 2.66 bits per heavy atom. The second-order valence-corrected chi connectivity index (χ2v) is 7.64. The van der Waals surface area contributed by atoms with E-state index in [1.165, 1.54) is 4.52 Å². The van der Waals surface area contributed by atoms with E-state index in [-0.39, 0.29) is 5.56 Å². The summed E-state index contributed by atoms with van der Waals surface area (Å²) in [5.74, 6) is 0. The first-order chi connectivity index (χ1) is 14.2. The molecule has 0 saturated carbocycles. The number of aromatic amines is 1. The van der Waals surface area contributed by atoms with Gasteiger partial charge in [-0.25, -0.2) is 14.5 Å². The monoisotopic (exact) mass is 399 g/mol. The van der Waals surface area contributed by atoms with Gasteiger partial charge in [0.2, 0.25) is 0 Å². The fraction of sp³-hybridized carbons (Fsp3) is 0.0909. The molecule has 1 N–H and O–H groups in total. The first kappa shape index (κ1) is 17.5. The number of nitrogens with one attached hydrogen (secondary N) is 1. The molecule has 5 aromatic rings. The largest absolute Gasteiger partial charge is 0.293 e. The number of aromatic nitrogens is 5. The van der Waals surface area contributed by atoms with E-state index >= 15 is 0 Å². The number of thiazole rings is 1. The van der Waals surface area contributed by atoms with Crippen LogP contribution in [-0.2, 0) is 6.42 Å². The molecular weight excluding hydrogens is 382 g/mol. The van der Waals surface area contributed by atoms with Gasteiger partial charge in [-0.05, 0) is 24.6 Å². The number of rotatable bonds is 4. The molecule has 7 heteroatoms. The molecule has 0 aliphatic heterocycles. The summed E-state index contributed by atoms with van der Waals surface area (Å²) >= 11 is 1.57. The van der Waals surface area contributed by atoms with Crippen molar-refractivity contribution in [1.29, 1.82) is 0 Å². The molecule has 0 amide bonds. The normalized spacial score (nSPS) is 11.2. The molecule has 0 aliphatic rings. The lowest BCUT2D eigenvalue weighted by Gasteiger charge is -2.02. The van der Waals surface area contributed by atoms with E-state index in [1.807, 2.05) is 54.8 Å². The van der Waals surface area contributed by atoms with Crippen LogP contribution in [0.2, 0.25) is 0 Å². The van der Waals surface area contributed by atoms with Crippen molar-refractivity contribution in [2.24, 2.45) is 0 Å². The van der Waals surface area contributed by atoms with Crippen molar-refractivity contribution < 1.29 is 0 Å². The molecule has 1 aromatic carbocycles. The highest BCUT2D eigenvalue weighted by Gasteiger charge is 2.15. The Hall–Kier alpha value is -3.58. The molecule has 4 aromatic heterocycles. The maximum atomic E-state index is 12.7. The molecule has 0 bridgehead atoms. The molecule has 0 saturated heterocycles. The zero-order valence-corrected chi connectivity index (χ0v) is 16.5. The van der Waals surface area contributed by atoms with Gasteiger partial charge in [-0.1, -0.05) is 30.3 Å². The summed E-state index contributed by atoms with van der Waals surface area (Å²) < 4.78 is 1.50. The lowest BCUT2D eigenvalue weighted by Crippen LogP contribution is -2.16. The fourth-order valence-corrected chi connectivity index (χ4v) is 4.24. The number of aryl methyl sites for hydroxylation is 1. The van der Waals surface area contributed by atoms with Gasteiger partial charge in [0, 0.05) is 47.1 Å². The van der Waals surface area contributed by atoms with Gasteiger partial charge in [0.25, 0.3) is 5.56 Å². The van der Waals surface area contributed by atoms with Crippen LogP contribution in [0.4, 0.5) is 0 Å². The topological polar surface area (TPSA) is 75.9 Å². The zero-order valence-electron chi connectivity index (χ0n) is 15.7. The third kappa shape index (κ3) is 3.25. The predicted molar refractivity (Wildman–Crippen MR) is 114 cm³/mol. The highest BCUT2D eigenvalue weighted by atomic mass is 32.1. The average molecular weight is 399 g/mol. The SMILES string of the molecule is Cc1[nH]n2c(=O)cc(Cc3csc(-c4cccnc4)n3)nc2c1-c1ccccc1. The number of hydrogen-bond acceptors (Lipinski definition) is 5. The Balaban J connectivity index is 1.55. The second kappa shape index (κ2) is 7.10. The molecule has 29 heavy (non-hydrogen) atoms. The van der Waals surface area contributed by atoms with Gasteiger partial charge < -0.3 is 0 Å². The van der Waals surface area contributed by atoms with E-state index in [4.69, 9.17) is 9.97 Å². The lowest BCUT2D eigenvalue weighted by atomic mass is 10.1. The number of fused-ring (bicyclic) bond motifs is 1. The maximum absolute atomic E-state index is 12.7. The molecule has 6 nitrogen and oxygen atoms in total. The molecule has 0 spiro atoms. The summed E-state index contributed by atoms with van der Waals surface area (Å²) in [7, 11) is 0. The zero-order chi connectivity index (χ0) is 19.8. The standard InChI is InChI=1S/C22H17N5OS/c1-14-20(15-6-3-2-4-7-15)21-24-17(11-19(28)27(21)26-14)10-18-13-29-22(25-18)16-8-5-9-23-12-16/h2-9,11-13,26H,10H2,1H3. The maximum Gasteiger partial charge on any atom is 0.272 e. The van der Waals surface area contributed by atoms with Crippen LogP contribution in [-0.4, -0.2) is 24.6 Å². The van der Waals surface area contributed by atoms with E-state index in [0.717, 1.165) is 33.1 Å². The molecule has 0 fully saturated rings. The quantitative estimate of drug-likeness (QED) is 0.493. The van der Waals surface area contributed by atoms with Crippen molar-refractivity contribution >= 4 is 17.0 Å². The van der Waals surface area contributed by atoms with E-state index < -0.39 is 0 Å². The number of pyridine rings is 1. The minimum atomic E-state index is -0.127. The third-order valence-corrected chi connectivity index (χ3v) is 5.68. The molecule has 0 unspecified atom stereocenters. The molecule has 5 rings (SSSR count). The van der Waals surface area contributed by atoms with Crippen molar-refractivity contribution in [3.05, 3.63) is 93.7 Å². The number of H-pyrrole nitrogens is 1. The predicted octanol–water partition coefficient (Wildman–Crippen LogP) is 4.11. The number of hydrogen-bond donors (Lipinski definition) is 1. The van der Waals surface area contributed by atoms with E-state index in [0.29, 0.717) is 17.8 Å². The highest BCUT2D eigenvalue weighted by molar-refractivity contribution is 7.13. The summed E-state index contributed by atoms with van der Waals surface area (Å²) in [4.78, 5) is 26.3. The molecule has 0 atom stereocenters. The van der Waals surface area contributed by atoms with Gasteiger partial charge in [-0.15, -0.1) is 11.3 Å². The molecule has 0 aliphatic carbocycles. The van der Waals surface area contributed by atoms with Crippen LogP contribution in [0.15, 0.2) is 71.1 Å². The minimum Gasteiger partial charge on any atom is -0.293 e. The Morgan fingerprint density at radius 1 is 1.03 bits per heavy atom. The van der Waals surface area contributed by atoms with Gasteiger partial charge >= 0.3 is 0 Å². The summed E-state index contributed by atoms with van der Waals surface area (Å²) in [5.41, 5.74) is 5.97. The van der Waals surface area contributed by atoms with Crippen LogP contribution < -0.4 is 5.56 Å². The Labute approximate surface area is 170 Å². The van der Waals surface area contributed by atoms with Crippen LogP contribution in [0.1, 0.15) is 17.1 Å². The second-order valence-electron chi connectivity index (χ2n) is 6.79. The van der Waals surface area contributed by atoms with Gasteiger partial charge in [0.05, 0.1) is 11.4 Å². The van der Waals surface area contributed by atoms with Crippen LogP contribution >= 0.6 is 11.3 Å². The molecule has 0 radical (unpaired) electrons. The van der Waals surface area contributed by atoms with Crippen molar-refractivity contribution in [2.45, 2.75) is 13.3 Å². The van der Waals surface area contributed by atoms with Crippen molar-refractivity contribution in [3.8, 4) is 21.7 Å². The molecule has 4 heterocycles. The highest BCUT2D eigenvalue weighted by Crippen LogP contribution is 2.27. The van der Waals surface area contributed by atoms with Crippen molar-refractivity contribution in [2.75, 3.05) is 0 Å². The van der Waals surface area contributed by atoms with Gasteiger partial charge in [-0.3, -0.25) is 14.9 Å². The first-order valence-electron chi connectivity index (χ1n) is 9.20. The van der Waals surface area contributed by atoms with Crippen molar-refractivity contribution in [3.63, 3.8) is 0 Å². The summed E-state index contributed by atoms with van der Waals surface area (Å²) in [6.45, 7) is 1.96.